The van der Waals surface area contributed by atoms with Crippen LogP contribution in [-0.4, -0.2) is 69.0 Å². The third-order valence-electron chi connectivity index (χ3n) is 4.67. The predicted octanol–water partition coefficient (Wildman–Crippen LogP) is 0.740. The van der Waals surface area contributed by atoms with Gasteiger partial charge >= 0.3 is 17.9 Å². The second-order valence-corrected chi connectivity index (χ2v) is 7.11. The van der Waals surface area contributed by atoms with Gasteiger partial charge in [0.25, 0.3) is 0 Å². The lowest BCUT2D eigenvalue weighted by Crippen LogP contribution is -2.40. The summed E-state index contributed by atoms with van der Waals surface area (Å²) in [5.41, 5.74) is 6.46. The molecule has 1 saturated heterocycles. The fourth-order valence-electron chi connectivity index (χ4n) is 3.50. The molecule has 0 aliphatic carbocycles. The monoisotopic (exact) mass is 463 g/mol. The zero-order valence-corrected chi connectivity index (χ0v) is 18.6. The number of carbonyl (C=O) groups is 3. The summed E-state index contributed by atoms with van der Waals surface area (Å²) in [4.78, 5) is 47.8. The topological polar surface area (TPSA) is 167 Å². The molecule has 13 nitrogen and oxygen atoms in total. The van der Waals surface area contributed by atoms with E-state index in [1.165, 1.54) is 31.7 Å². The van der Waals surface area contributed by atoms with Crippen molar-refractivity contribution >= 4 is 40.6 Å². The van der Waals surface area contributed by atoms with Crippen LogP contribution in [0, 0.1) is 0 Å². The minimum absolute atomic E-state index is 0.0966. The van der Waals surface area contributed by atoms with E-state index < -0.39 is 42.4 Å². The first-order valence-corrected chi connectivity index (χ1v) is 10.1. The molecule has 3 heterocycles. The number of ether oxygens (including phenoxy) is 5. The molecule has 0 saturated carbocycles. The van der Waals surface area contributed by atoms with Gasteiger partial charge in [-0.25, -0.2) is 15.0 Å². The summed E-state index contributed by atoms with van der Waals surface area (Å²) < 4.78 is 29.1. The van der Waals surface area contributed by atoms with Crippen LogP contribution in [0.2, 0.25) is 0 Å². The highest BCUT2D eigenvalue weighted by atomic mass is 16.7. The molecule has 3 rings (SSSR count). The Bertz CT molecular complexity index is 1080. The van der Waals surface area contributed by atoms with Crippen molar-refractivity contribution < 1.29 is 38.1 Å². The van der Waals surface area contributed by atoms with Crippen LogP contribution in [0.4, 0.5) is 5.82 Å². The van der Waals surface area contributed by atoms with Gasteiger partial charge in [-0.15, -0.1) is 0 Å². The molecule has 0 bridgehead atoms. The summed E-state index contributed by atoms with van der Waals surface area (Å²) in [6.45, 7) is 9.33. The Morgan fingerprint density at radius 1 is 1.09 bits per heavy atom. The van der Waals surface area contributed by atoms with E-state index in [9.17, 15) is 14.4 Å². The van der Waals surface area contributed by atoms with Crippen molar-refractivity contribution in [3.8, 4) is 0 Å². The van der Waals surface area contributed by atoms with Crippen LogP contribution in [0.3, 0.4) is 0 Å². The number of hydrogen-bond donors (Lipinski definition) is 1. The number of aromatic nitrogens is 4. The van der Waals surface area contributed by atoms with Gasteiger partial charge < -0.3 is 29.4 Å². The summed E-state index contributed by atoms with van der Waals surface area (Å²) in [7, 11) is 0. The molecule has 1 fully saturated rings. The highest BCUT2D eigenvalue weighted by molar-refractivity contribution is 5.84. The van der Waals surface area contributed by atoms with E-state index >= 15 is 0 Å². The van der Waals surface area contributed by atoms with Crippen molar-refractivity contribution in [2.75, 3.05) is 18.9 Å². The van der Waals surface area contributed by atoms with E-state index in [2.05, 4.69) is 21.5 Å². The Morgan fingerprint density at radius 2 is 1.76 bits per heavy atom. The van der Waals surface area contributed by atoms with Gasteiger partial charge in [-0.1, -0.05) is 6.58 Å². The standard InChI is InChI=1S/C20H25N5O8/c1-6-29-9(2)18-24-14-17(21)22-8-23-19(14)25(18)20-16(32-12(5)28)15(31-11(4)27)13(33-20)7-30-10(3)26/h8,13,15-16,20H,2,6-7H2,1,3-5H3,(H2,21,22,23)/t13-,15?,16?,20-/m1/s1. The lowest BCUT2D eigenvalue weighted by Gasteiger charge is -2.24. The quantitative estimate of drug-likeness (QED) is 0.332. The third-order valence-corrected chi connectivity index (χ3v) is 4.67. The van der Waals surface area contributed by atoms with Crippen molar-refractivity contribution in [2.45, 2.75) is 52.2 Å². The zero-order chi connectivity index (χ0) is 24.3. The molecule has 2 aromatic heterocycles. The molecule has 13 heteroatoms. The number of rotatable bonds is 8. The molecule has 0 radical (unpaired) electrons. The highest BCUT2D eigenvalue weighted by Crippen LogP contribution is 2.38. The second kappa shape index (κ2) is 9.81. The highest BCUT2D eigenvalue weighted by Gasteiger charge is 2.51. The maximum absolute atomic E-state index is 11.9. The van der Waals surface area contributed by atoms with E-state index in [4.69, 9.17) is 29.4 Å². The number of imidazole rings is 1. The number of carbonyl (C=O) groups excluding carboxylic acids is 3. The van der Waals surface area contributed by atoms with E-state index in [1.807, 2.05) is 0 Å². The van der Waals surface area contributed by atoms with Crippen molar-refractivity contribution in [3.63, 3.8) is 0 Å². The molecule has 4 atom stereocenters. The van der Waals surface area contributed by atoms with E-state index in [-0.39, 0.29) is 35.2 Å². The second-order valence-electron chi connectivity index (χ2n) is 7.11. The number of hydrogen-bond acceptors (Lipinski definition) is 12. The van der Waals surface area contributed by atoms with Gasteiger partial charge in [0.2, 0.25) is 0 Å². The van der Waals surface area contributed by atoms with Crippen molar-refractivity contribution in [1.82, 2.24) is 19.5 Å². The Morgan fingerprint density at radius 3 is 2.36 bits per heavy atom. The predicted molar refractivity (Wildman–Crippen MR) is 112 cm³/mol. The Hall–Kier alpha value is -3.74. The van der Waals surface area contributed by atoms with Gasteiger partial charge in [0, 0.05) is 20.8 Å². The molecule has 0 spiro atoms. The smallest absolute Gasteiger partial charge is 0.303 e. The SMILES string of the molecule is C=C(OCC)c1nc2c(N)ncnc2n1[C@@H]1O[C@H](COC(C)=O)C(OC(C)=O)C1OC(C)=O. The number of fused-ring (bicyclic) bond motifs is 1. The van der Waals surface area contributed by atoms with Crippen LogP contribution < -0.4 is 5.73 Å². The van der Waals surface area contributed by atoms with Gasteiger partial charge in [0.15, 0.2) is 47.0 Å². The van der Waals surface area contributed by atoms with Gasteiger partial charge in [0.05, 0.1) is 6.61 Å². The number of nitrogens with two attached hydrogens (primary N) is 1. The average molecular weight is 463 g/mol. The van der Waals surface area contributed by atoms with Crippen molar-refractivity contribution in [3.05, 3.63) is 18.7 Å². The van der Waals surface area contributed by atoms with E-state index in [1.54, 1.807) is 6.92 Å². The van der Waals surface area contributed by atoms with E-state index in [0.717, 1.165) is 0 Å². The van der Waals surface area contributed by atoms with Crippen LogP contribution in [0.1, 0.15) is 39.7 Å². The van der Waals surface area contributed by atoms with Crippen LogP contribution in [0.25, 0.3) is 16.9 Å². The molecule has 2 unspecified atom stereocenters. The molecule has 0 aromatic carbocycles. The molecule has 33 heavy (non-hydrogen) atoms. The zero-order valence-electron chi connectivity index (χ0n) is 18.6. The maximum Gasteiger partial charge on any atom is 0.303 e. The summed E-state index contributed by atoms with van der Waals surface area (Å²) in [6, 6.07) is 0. The first kappa shape index (κ1) is 23.9. The van der Waals surface area contributed by atoms with Gasteiger partial charge in [0.1, 0.15) is 19.0 Å². The fourth-order valence-corrected chi connectivity index (χ4v) is 3.50. The van der Waals surface area contributed by atoms with Crippen molar-refractivity contribution in [1.29, 1.82) is 0 Å². The average Bonchev–Trinajstić information content (AvgIpc) is 3.26. The molecule has 2 aromatic rings. The summed E-state index contributed by atoms with van der Waals surface area (Å²) >= 11 is 0. The summed E-state index contributed by atoms with van der Waals surface area (Å²) in [5.74, 6) is -1.40. The molecule has 1 aliphatic heterocycles. The third kappa shape index (κ3) is 5.03. The van der Waals surface area contributed by atoms with Crippen LogP contribution in [0.5, 0.6) is 0 Å². The van der Waals surface area contributed by atoms with Crippen LogP contribution in [0.15, 0.2) is 12.9 Å². The summed E-state index contributed by atoms with van der Waals surface area (Å²) in [6.07, 6.45) is -3.07. The van der Waals surface area contributed by atoms with Gasteiger partial charge in [-0.3, -0.25) is 19.0 Å². The summed E-state index contributed by atoms with van der Waals surface area (Å²) in [5, 5.41) is 0. The van der Waals surface area contributed by atoms with Crippen LogP contribution in [-0.2, 0) is 38.1 Å². The van der Waals surface area contributed by atoms with Gasteiger partial charge in [-0.2, -0.15) is 0 Å². The first-order chi connectivity index (χ1) is 15.6. The molecule has 1 aliphatic rings. The minimum Gasteiger partial charge on any atom is -0.491 e. The largest absolute Gasteiger partial charge is 0.491 e. The lowest BCUT2D eigenvalue weighted by molar-refractivity contribution is -0.166. The fraction of sp³-hybridized carbons (Fsp3) is 0.500. The number of nitrogens with zero attached hydrogens (tertiary/aromatic N) is 4. The molecule has 0 amide bonds. The Balaban J connectivity index is 2.17. The van der Waals surface area contributed by atoms with Gasteiger partial charge in [-0.05, 0) is 6.92 Å². The van der Waals surface area contributed by atoms with Crippen molar-refractivity contribution in [2.24, 2.45) is 0 Å². The molecular formula is C20H25N5O8. The lowest BCUT2D eigenvalue weighted by atomic mass is 10.1. The normalized spacial score (nSPS) is 22.1. The molecule has 178 valence electrons. The Kier molecular flexibility index (Phi) is 7.11. The minimum atomic E-state index is -1.14. The number of esters is 3. The maximum atomic E-state index is 11.9. The van der Waals surface area contributed by atoms with Crippen LogP contribution >= 0.6 is 0 Å². The molecule has 2 N–H and O–H groups in total. The number of nitrogen functional groups attached to an aromatic ring is 1. The Labute approximate surface area is 188 Å². The number of anilines is 1. The molecular weight excluding hydrogens is 438 g/mol. The first-order valence-electron chi connectivity index (χ1n) is 10.1. The van der Waals surface area contributed by atoms with E-state index in [0.29, 0.717) is 6.61 Å².